The highest BCUT2D eigenvalue weighted by Crippen LogP contribution is 2.27. The smallest absolute Gasteiger partial charge is 0.253 e. The highest BCUT2D eigenvalue weighted by molar-refractivity contribution is 5.94. The number of amides is 1. The molecule has 0 bridgehead atoms. The van der Waals surface area contributed by atoms with Gasteiger partial charge in [-0.05, 0) is 37.1 Å². The van der Waals surface area contributed by atoms with Gasteiger partial charge in [-0.15, -0.1) is 0 Å². The van der Waals surface area contributed by atoms with E-state index in [2.05, 4.69) is 15.2 Å². The monoisotopic (exact) mass is 365 g/mol. The summed E-state index contributed by atoms with van der Waals surface area (Å²) in [5, 5.41) is 8.29. The van der Waals surface area contributed by atoms with Crippen molar-refractivity contribution in [3.8, 4) is 5.69 Å². The fourth-order valence-corrected chi connectivity index (χ4v) is 3.40. The minimum Gasteiger partial charge on any atom is -0.339 e. The van der Waals surface area contributed by atoms with E-state index in [0.29, 0.717) is 18.0 Å². The predicted octanol–water partition coefficient (Wildman–Crippen LogP) is 3.40. The fourth-order valence-electron chi connectivity index (χ4n) is 3.40. The Hall–Kier alpha value is -2.96. The van der Waals surface area contributed by atoms with E-state index in [1.54, 1.807) is 10.9 Å². The van der Waals surface area contributed by atoms with E-state index >= 15 is 0 Å². The van der Waals surface area contributed by atoms with Crippen molar-refractivity contribution in [2.24, 2.45) is 0 Å². The molecule has 0 radical (unpaired) electrons. The molecule has 1 saturated heterocycles. The average Bonchev–Trinajstić information content (AvgIpc) is 3.40. The number of aromatic nitrogens is 4. The molecule has 7 heteroatoms. The van der Waals surface area contributed by atoms with Crippen molar-refractivity contribution in [3.63, 3.8) is 0 Å². The number of rotatable bonds is 4. The molecular formula is C20H23N5O2. The van der Waals surface area contributed by atoms with Gasteiger partial charge in [-0.2, -0.15) is 10.1 Å². The summed E-state index contributed by atoms with van der Waals surface area (Å²) in [6, 6.07) is 9.41. The van der Waals surface area contributed by atoms with Gasteiger partial charge < -0.3 is 9.42 Å². The minimum atomic E-state index is 0.0253. The molecular weight excluding hydrogens is 342 g/mol. The summed E-state index contributed by atoms with van der Waals surface area (Å²) >= 11 is 0. The van der Waals surface area contributed by atoms with Crippen LogP contribution in [-0.2, 0) is 0 Å². The summed E-state index contributed by atoms with van der Waals surface area (Å²) in [6.45, 7) is 5.42. The summed E-state index contributed by atoms with van der Waals surface area (Å²) in [5.41, 5.74) is 1.54. The van der Waals surface area contributed by atoms with E-state index in [1.807, 2.05) is 55.3 Å². The number of benzene rings is 1. The Morgan fingerprint density at radius 2 is 2.19 bits per heavy atom. The molecule has 3 heterocycles. The van der Waals surface area contributed by atoms with Crippen LogP contribution in [0, 0.1) is 0 Å². The second-order valence-corrected chi connectivity index (χ2v) is 7.24. The van der Waals surface area contributed by atoms with Crippen LogP contribution in [0.5, 0.6) is 0 Å². The largest absolute Gasteiger partial charge is 0.339 e. The molecule has 1 aliphatic heterocycles. The first-order valence-electron chi connectivity index (χ1n) is 9.34. The Balaban J connectivity index is 1.51. The zero-order chi connectivity index (χ0) is 18.8. The molecule has 7 nitrogen and oxygen atoms in total. The zero-order valence-corrected chi connectivity index (χ0v) is 15.6. The molecule has 1 aromatic carbocycles. The Morgan fingerprint density at radius 3 is 2.93 bits per heavy atom. The first-order valence-corrected chi connectivity index (χ1v) is 9.34. The molecule has 1 amide bonds. The van der Waals surface area contributed by atoms with Gasteiger partial charge in [0.1, 0.15) is 0 Å². The average molecular weight is 365 g/mol. The van der Waals surface area contributed by atoms with Crippen molar-refractivity contribution in [2.75, 3.05) is 13.1 Å². The number of hydrogen-bond acceptors (Lipinski definition) is 5. The topological polar surface area (TPSA) is 77.0 Å². The number of piperidine rings is 1. The molecule has 0 spiro atoms. The number of hydrogen-bond donors (Lipinski definition) is 0. The van der Waals surface area contributed by atoms with Crippen LogP contribution in [0.2, 0.25) is 0 Å². The standard InChI is InChI=1S/C20H23N5O2/c1-14(2)18-22-19(27-23-18)16-7-4-10-24(13-16)20(26)15-6-3-8-17(12-15)25-11-5-9-21-25/h3,5-6,8-9,11-12,14,16H,4,7,10,13H2,1-2H3/t16-/m0/s1. The van der Waals surface area contributed by atoms with Crippen LogP contribution in [0.15, 0.2) is 47.2 Å². The lowest BCUT2D eigenvalue weighted by atomic mass is 9.97. The molecule has 1 atom stereocenters. The summed E-state index contributed by atoms with van der Waals surface area (Å²) in [5.74, 6) is 1.71. The zero-order valence-electron chi connectivity index (χ0n) is 15.6. The van der Waals surface area contributed by atoms with Gasteiger partial charge in [0.2, 0.25) is 5.89 Å². The van der Waals surface area contributed by atoms with Crippen molar-refractivity contribution >= 4 is 5.91 Å². The molecule has 1 fully saturated rings. The minimum absolute atomic E-state index is 0.0253. The fraction of sp³-hybridized carbons (Fsp3) is 0.400. The summed E-state index contributed by atoms with van der Waals surface area (Å²) in [6.07, 6.45) is 5.47. The molecule has 0 saturated carbocycles. The lowest BCUT2D eigenvalue weighted by molar-refractivity contribution is 0.0695. The molecule has 0 N–H and O–H groups in total. The maximum absolute atomic E-state index is 13.0. The lowest BCUT2D eigenvalue weighted by Gasteiger charge is -2.31. The van der Waals surface area contributed by atoms with Crippen molar-refractivity contribution in [1.82, 2.24) is 24.8 Å². The normalized spacial score (nSPS) is 17.4. The Labute approximate surface area is 158 Å². The predicted molar refractivity (Wildman–Crippen MR) is 99.8 cm³/mol. The summed E-state index contributed by atoms with van der Waals surface area (Å²) in [7, 11) is 0. The second kappa shape index (κ2) is 7.34. The molecule has 1 aliphatic rings. The van der Waals surface area contributed by atoms with Gasteiger partial charge in [0.25, 0.3) is 5.91 Å². The van der Waals surface area contributed by atoms with Crippen LogP contribution in [0.4, 0.5) is 0 Å². The van der Waals surface area contributed by atoms with Crippen LogP contribution in [-0.4, -0.2) is 43.8 Å². The van der Waals surface area contributed by atoms with E-state index in [4.69, 9.17) is 4.52 Å². The third-order valence-corrected chi connectivity index (χ3v) is 4.89. The number of carbonyl (C=O) groups excluding carboxylic acids is 1. The van der Waals surface area contributed by atoms with E-state index in [-0.39, 0.29) is 17.7 Å². The van der Waals surface area contributed by atoms with Gasteiger partial charge in [0.05, 0.1) is 11.6 Å². The molecule has 4 rings (SSSR count). The van der Waals surface area contributed by atoms with Crippen LogP contribution < -0.4 is 0 Å². The molecule has 27 heavy (non-hydrogen) atoms. The Morgan fingerprint density at radius 1 is 1.30 bits per heavy atom. The number of carbonyl (C=O) groups is 1. The van der Waals surface area contributed by atoms with Crippen LogP contribution in [0.3, 0.4) is 0 Å². The quantitative estimate of drug-likeness (QED) is 0.708. The van der Waals surface area contributed by atoms with Crippen molar-refractivity contribution in [1.29, 1.82) is 0 Å². The highest BCUT2D eigenvalue weighted by Gasteiger charge is 2.29. The maximum atomic E-state index is 13.0. The van der Waals surface area contributed by atoms with Gasteiger partial charge in [-0.3, -0.25) is 4.79 Å². The SMILES string of the molecule is CC(C)c1noc([C@H]2CCCN(C(=O)c3cccc(-n4cccn4)c3)C2)n1. The third kappa shape index (κ3) is 3.63. The summed E-state index contributed by atoms with van der Waals surface area (Å²) < 4.78 is 7.21. The van der Waals surface area contributed by atoms with Crippen LogP contribution in [0.25, 0.3) is 5.69 Å². The molecule has 0 aliphatic carbocycles. The van der Waals surface area contributed by atoms with Crippen LogP contribution >= 0.6 is 0 Å². The number of likely N-dealkylation sites (tertiary alicyclic amines) is 1. The maximum Gasteiger partial charge on any atom is 0.253 e. The van der Waals surface area contributed by atoms with Gasteiger partial charge in [0.15, 0.2) is 5.82 Å². The Kier molecular flexibility index (Phi) is 4.75. The molecule has 2 aromatic heterocycles. The number of nitrogens with zero attached hydrogens (tertiary/aromatic N) is 5. The van der Waals surface area contributed by atoms with E-state index in [1.165, 1.54) is 0 Å². The first-order chi connectivity index (χ1) is 13.1. The second-order valence-electron chi connectivity index (χ2n) is 7.24. The first kappa shape index (κ1) is 17.5. The van der Waals surface area contributed by atoms with E-state index < -0.39 is 0 Å². The molecule has 3 aromatic rings. The van der Waals surface area contributed by atoms with Gasteiger partial charge >= 0.3 is 0 Å². The Bertz CT molecular complexity index is 916. The highest BCUT2D eigenvalue weighted by atomic mass is 16.5. The summed E-state index contributed by atoms with van der Waals surface area (Å²) in [4.78, 5) is 19.4. The molecule has 140 valence electrons. The third-order valence-electron chi connectivity index (χ3n) is 4.89. The molecule has 0 unspecified atom stereocenters. The van der Waals surface area contributed by atoms with Crippen molar-refractivity contribution in [2.45, 2.75) is 38.5 Å². The lowest BCUT2D eigenvalue weighted by Crippen LogP contribution is -2.39. The van der Waals surface area contributed by atoms with Crippen molar-refractivity contribution < 1.29 is 9.32 Å². The van der Waals surface area contributed by atoms with Crippen LogP contribution in [0.1, 0.15) is 60.6 Å². The van der Waals surface area contributed by atoms with E-state index in [9.17, 15) is 4.79 Å². The van der Waals surface area contributed by atoms with E-state index in [0.717, 1.165) is 30.9 Å². The van der Waals surface area contributed by atoms with Gasteiger partial charge in [-0.25, -0.2) is 4.68 Å². The van der Waals surface area contributed by atoms with Crippen molar-refractivity contribution in [3.05, 3.63) is 60.0 Å². The van der Waals surface area contributed by atoms with Gasteiger partial charge in [0, 0.05) is 37.0 Å². The van der Waals surface area contributed by atoms with Gasteiger partial charge in [-0.1, -0.05) is 25.1 Å².